The largest absolute Gasteiger partial charge is 0.481 e. The number of esters is 1. The van der Waals surface area contributed by atoms with E-state index in [1.165, 1.54) is 0 Å². The molecule has 2 aromatic rings. The number of benzene rings is 2. The van der Waals surface area contributed by atoms with E-state index in [0.29, 0.717) is 11.4 Å². The predicted molar refractivity (Wildman–Crippen MR) is 193 cm³/mol. The minimum Gasteiger partial charge on any atom is -0.481 e. The number of carbonyl (C=O) groups excluding carboxylic acids is 1. The molecule has 0 unspecified atom stereocenters. The lowest BCUT2D eigenvalue weighted by Gasteiger charge is -2.32. The first-order valence-electron chi connectivity index (χ1n) is 15.8. The average molecular weight is 660 g/mol. The van der Waals surface area contributed by atoms with Crippen molar-refractivity contribution in [1.29, 1.82) is 0 Å². The van der Waals surface area contributed by atoms with Crippen LogP contribution in [0.25, 0.3) is 0 Å². The second kappa shape index (κ2) is 15.1. The molecule has 0 amide bonds. The zero-order valence-electron chi connectivity index (χ0n) is 30.6. The van der Waals surface area contributed by atoms with Crippen LogP contribution in [0.3, 0.4) is 0 Å². The van der Waals surface area contributed by atoms with Gasteiger partial charge in [-0.2, -0.15) is 0 Å². The number of ether oxygens (including phenoxy) is 1. The molecule has 0 saturated carbocycles. The highest BCUT2D eigenvalue weighted by Crippen LogP contribution is 2.51. The molecule has 6 nitrogen and oxygen atoms in total. The molecule has 8 heteroatoms. The second-order valence-electron chi connectivity index (χ2n) is 15.8. The van der Waals surface area contributed by atoms with Crippen molar-refractivity contribution >= 4 is 41.1 Å². The Balaban J connectivity index is 0.00000496. The highest BCUT2D eigenvalue weighted by Gasteiger charge is 2.33. The zero-order valence-corrected chi connectivity index (χ0v) is 32.2. The number of carbonyl (C=O) groups is 2. The monoisotopic (exact) mass is 659 g/mol. The number of carboxylic acid groups (broad SMARTS) is 1. The van der Waals surface area contributed by atoms with Crippen LogP contribution < -0.4 is 4.74 Å². The van der Waals surface area contributed by atoms with Crippen molar-refractivity contribution in [3.05, 3.63) is 51.4 Å². The Morgan fingerprint density at radius 3 is 1.27 bits per heavy atom. The first-order valence-corrected chi connectivity index (χ1v) is 17.4. The third kappa shape index (κ3) is 11.8. The number of carboxylic acids is 1. The van der Waals surface area contributed by atoms with E-state index in [9.17, 15) is 14.5 Å². The summed E-state index contributed by atoms with van der Waals surface area (Å²) in [5, 5.41) is 12.5. The number of nitrogens with zero attached hydrogens (tertiary/aromatic N) is 1. The first kappa shape index (κ1) is 40.7. The molecule has 0 aromatic heterocycles. The van der Waals surface area contributed by atoms with Crippen molar-refractivity contribution < 1.29 is 19.4 Å². The Morgan fingerprint density at radius 2 is 0.978 bits per heavy atom. The minimum absolute atomic E-state index is 0.186. The fraction of sp³-hybridized carbons (Fsp3) is 0.622. The molecule has 0 fully saturated rings. The van der Waals surface area contributed by atoms with Gasteiger partial charge in [0.05, 0.1) is 16.9 Å². The third-order valence-corrected chi connectivity index (χ3v) is 9.38. The van der Waals surface area contributed by atoms with E-state index < -0.39 is 11.9 Å². The van der Waals surface area contributed by atoms with E-state index in [-0.39, 0.29) is 38.6 Å². The van der Waals surface area contributed by atoms with E-state index in [1.807, 2.05) is 13.8 Å². The maximum Gasteiger partial charge on any atom is 0.311 e. The van der Waals surface area contributed by atoms with Gasteiger partial charge in [-0.3, -0.25) is 9.59 Å². The van der Waals surface area contributed by atoms with Gasteiger partial charge in [-0.1, -0.05) is 96.9 Å². The lowest BCUT2D eigenvalue weighted by molar-refractivity contribution is -0.142. The Hall–Kier alpha value is -2.32. The molecule has 252 valence electrons. The van der Waals surface area contributed by atoms with Gasteiger partial charge in [0.1, 0.15) is 11.4 Å². The van der Waals surface area contributed by atoms with Crippen molar-refractivity contribution in [1.82, 2.24) is 0 Å². The van der Waals surface area contributed by atoms with E-state index in [0.717, 1.165) is 32.0 Å². The Morgan fingerprint density at radius 1 is 0.644 bits per heavy atom. The van der Waals surface area contributed by atoms with Crippen LogP contribution in [-0.4, -0.2) is 21.1 Å². The van der Waals surface area contributed by atoms with Crippen LogP contribution in [0.4, 0.5) is 5.69 Å². The van der Waals surface area contributed by atoms with Crippen molar-refractivity contribution in [2.45, 2.75) is 159 Å². The van der Waals surface area contributed by atoms with Gasteiger partial charge < -0.3 is 9.84 Å². The summed E-state index contributed by atoms with van der Waals surface area (Å²) in [6.07, 6.45) is -0.459. The number of hydrogen-bond donors (Lipinski definition) is 1. The van der Waals surface area contributed by atoms with Gasteiger partial charge in [0, 0.05) is 20.9 Å². The van der Waals surface area contributed by atoms with E-state index >= 15 is 0 Å². The summed E-state index contributed by atoms with van der Waals surface area (Å²) < 4.78 is 5.62. The van der Waals surface area contributed by atoms with Gasteiger partial charge in [-0.05, 0) is 76.1 Å². The maximum absolute atomic E-state index is 12.7. The third-order valence-electron chi connectivity index (χ3n) is 6.96. The van der Waals surface area contributed by atoms with Crippen LogP contribution in [0.5, 0.6) is 5.75 Å². The summed E-state index contributed by atoms with van der Waals surface area (Å²) in [5.41, 5.74) is 3.05. The van der Waals surface area contributed by atoms with Gasteiger partial charge >= 0.3 is 11.9 Å². The fourth-order valence-corrected chi connectivity index (χ4v) is 7.34. The van der Waals surface area contributed by atoms with Crippen molar-refractivity contribution in [2.75, 3.05) is 0 Å². The number of aliphatic carboxylic acids is 1. The first-order chi connectivity index (χ1) is 20.3. The molecule has 45 heavy (non-hydrogen) atoms. The summed E-state index contributed by atoms with van der Waals surface area (Å²) >= 11 is 3.49. The Kier molecular flexibility index (Phi) is 13.6. The van der Waals surface area contributed by atoms with E-state index in [4.69, 9.17) is 9.84 Å². The Labute approximate surface area is 281 Å². The molecule has 0 atom stereocenters. The van der Waals surface area contributed by atoms with Crippen LogP contribution in [0, 0.1) is 4.91 Å². The molecule has 0 heterocycles. The normalized spacial score (nSPS) is 12.7. The topological polar surface area (TPSA) is 93.0 Å². The molecule has 0 saturated heterocycles. The molecule has 2 aromatic carbocycles. The quantitative estimate of drug-likeness (QED) is 0.0941. The molecule has 0 bridgehead atoms. The molecular weight excluding hydrogens is 603 g/mol. The molecule has 2 rings (SSSR count). The summed E-state index contributed by atoms with van der Waals surface area (Å²) in [6, 6.07) is 8.42. The minimum atomic E-state index is -1.03. The zero-order chi connectivity index (χ0) is 35.3. The summed E-state index contributed by atoms with van der Waals surface area (Å²) in [7, 11) is 0. The highest BCUT2D eigenvalue weighted by atomic mass is 32.2. The van der Waals surface area contributed by atoms with Crippen LogP contribution in [-0.2, 0) is 31.2 Å². The summed E-state index contributed by atoms with van der Waals surface area (Å²) in [4.78, 5) is 37.9. The number of rotatable bonds is 9. The smallest absolute Gasteiger partial charge is 0.311 e. The van der Waals surface area contributed by atoms with Crippen LogP contribution in [0.2, 0.25) is 0 Å². The van der Waals surface area contributed by atoms with Crippen molar-refractivity contribution in [3.63, 3.8) is 0 Å². The summed E-state index contributed by atoms with van der Waals surface area (Å²) in [5.74, 6) is -1.06. The SMILES string of the molecule is CC.CC(C)(Sc1cc(C(C)(C)C)c(N=O)c(C(C)(C)C)c1)Sc1cc(C(C)(C)C)c(OC(=O)CCC(=O)O)c(C(C)(C)C)c1. The van der Waals surface area contributed by atoms with Crippen LogP contribution >= 0.6 is 23.5 Å². The van der Waals surface area contributed by atoms with Gasteiger partial charge in [0.2, 0.25) is 0 Å². The molecule has 0 spiro atoms. The summed E-state index contributed by atoms with van der Waals surface area (Å²) in [6.45, 7) is 33.5. The lowest BCUT2D eigenvalue weighted by Crippen LogP contribution is -2.22. The van der Waals surface area contributed by atoms with E-state index in [2.05, 4.69) is 126 Å². The molecule has 0 aliphatic rings. The van der Waals surface area contributed by atoms with Crippen LogP contribution in [0.15, 0.2) is 39.2 Å². The van der Waals surface area contributed by atoms with Crippen LogP contribution in [0.1, 0.15) is 146 Å². The second-order valence-corrected chi connectivity index (χ2v) is 19.4. The number of nitroso groups, excluding NO2 is 1. The standard InChI is InChI=1S/C35H51NO5S2.C2H6/c1-31(2,3)23-17-21(18-24(29(23)36-40)32(4,5)6)42-35(13,14)43-22-19-25(33(7,8)9)30(26(20-22)34(10,11)12)41-28(39)16-15-27(37)38;1-2/h17-20H,15-16H2,1-14H3,(H,37,38);1-2H3. The lowest BCUT2D eigenvalue weighted by atomic mass is 9.79. The molecule has 0 aliphatic heterocycles. The van der Waals surface area contributed by atoms with Gasteiger partial charge in [0.15, 0.2) is 0 Å². The number of hydrogen-bond acceptors (Lipinski definition) is 7. The average Bonchev–Trinajstić information content (AvgIpc) is 2.86. The maximum atomic E-state index is 12.7. The highest BCUT2D eigenvalue weighted by molar-refractivity contribution is 8.18. The molecule has 1 N–H and O–H groups in total. The van der Waals surface area contributed by atoms with Gasteiger partial charge in [0.25, 0.3) is 0 Å². The number of thioether (sulfide) groups is 2. The van der Waals surface area contributed by atoms with Crippen molar-refractivity contribution in [2.24, 2.45) is 5.18 Å². The predicted octanol–water partition coefficient (Wildman–Crippen LogP) is 11.7. The molecular formula is C37H57NO5S2. The Bertz CT molecular complexity index is 1300. The van der Waals surface area contributed by atoms with Gasteiger partial charge in [-0.25, -0.2) is 0 Å². The van der Waals surface area contributed by atoms with Gasteiger partial charge in [-0.15, -0.1) is 28.4 Å². The fourth-order valence-electron chi connectivity index (χ4n) is 4.76. The van der Waals surface area contributed by atoms with Crippen molar-refractivity contribution in [3.8, 4) is 5.75 Å². The molecule has 0 radical (unpaired) electrons. The molecule has 0 aliphatic carbocycles. The van der Waals surface area contributed by atoms with E-state index in [1.54, 1.807) is 23.5 Å².